The summed E-state index contributed by atoms with van der Waals surface area (Å²) in [5, 5.41) is 8.97. The fourth-order valence-electron chi connectivity index (χ4n) is 7.08. The lowest BCUT2D eigenvalue weighted by Gasteiger charge is -2.21. The molecule has 2 amide bonds. The fourth-order valence-corrected chi connectivity index (χ4v) is 7.41. The van der Waals surface area contributed by atoms with Crippen LogP contribution < -0.4 is 31.9 Å². The molecule has 3 aromatic heterocycles. The van der Waals surface area contributed by atoms with Crippen molar-refractivity contribution in [2.75, 3.05) is 59.9 Å². The van der Waals surface area contributed by atoms with E-state index in [1.54, 1.807) is 45.2 Å². The van der Waals surface area contributed by atoms with Gasteiger partial charge in [-0.15, -0.1) is 0 Å². The molecule has 0 radical (unpaired) electrons. The van der Waals surface area contributed by atoms with E-state index in [-0.39, 0.29) is 22.8 Å². The number of anilines is 2. The highest BCUT2D eigenvalue weighted by Crippen LogP contribution is 2.41. The van der Waals surface area contributed by atoms with Gasteiger partial charge in [-0.25, -0.2) is 19.6 Å². The van der Waals surface area contributed by atoms with Crippen molar-refractivity contribution in [3.63, 3.8) is 0 Å². The van der Waals surface area contributed by atoms with Gasteiger partial charge in [0.15, 0.2) is 0 Å². The number of carbonyl (C=O) groups excluding carboxylic acids is 1. The van der Waals surface area contributed by atoms with Crippen molar-refractivity contribution < 1.29 is 27.4 Å². The number of alkyl halides is 3. The van der Waals surface area contributed by atoms with Crippen molar-refractivity contribution >= 4 is 40.0 Å². The van der Waals surface area contributed by atoms with E-state index in [0.717, 1.165) is 59.9 Å². The first kappa shape index (κ1) is 48.2. The highest BCUT2D eigenvalue weighted by atomic mass is 35.5. The summed E-state index contributed by atoms with van der Waals surface area (Å²) < 4.78 is 54.0. The zero-order chi connectivity index (χ0) is 45.0. The van der Waals surface area contributed by atoms with Crippen LogP contribution in [0.5, 0.6) is 5.88 Å². The van der Waals surface area contributed by atoms with Crippen LogP contribution in [0.15, 0.2) is 58.1 Å². The van der Waals surface area contributed by atoms with Crippen molar-refractivity contribution in [1.82, 2.24) is 34.6 Å². The predicted octanol–water partition coefficient (Wildman–Crippen LogP) is 7.88. The van der Waals surface area contributed by atoms with Crippen LogP contribution in [0.2, 0.25) is 5.02 Å². The van der Waals surface area contributed by atoms with Crippen molar-refractivity contribution in [2.45, 2.75) is 59.1 Å². The van der Waals surface area contributed by atoms with Gasteiger partial charge in [0.05, 0.1) is 29.9 Å². The first-order chi connectivity index (χ1) is 29.2. The Kier molecular flexibility index (Phi) is 17.3. The smallest absolute Gasteiger partial charge is 0.433 e. The number of aryl methyl sites for hydroxylation is 2. The molecular weight excluding hydrogens is 813 g/mol. The summed E-state index contributed by atoms with van der Waals surface area (Å²) in [6.07, 6.45) is 0.148. The van der Waals surface area contributed by atoms with Crippen molar-refractivity contribution in [3.8, 4) is 28.3 Å². The van der Waals surface area contributed by atoms with Gasteiger partial charge in [-0.2, -0.15) is 13.2 Å². The number of halogens is 4. The van der Waals surface area contributed by atoms with E-state index < -0.39 is 23.1 Å². The predicted molar refractivity (Wildman–Crippen MR) is 236 cm³/mol. The van der Waals surface area contributed by atoms with Gasteiger partial charge in [-0.3, -0.25) is 13.9 Å². The molecule has 5 aromatic rings. The van der Waals surface area contributed by atoms with Crippen molar-refractivity contribution in [2.24, 2.45) is 14.1 Å². The number of pyridine rings is 2. The Morgan fingerprint density at radius 3 is 2.28 bits per heavy atom. The number of nitrogens with one attached hydrogen (secondary N) is 3. The van der Waals surface area contributed by atoms with Gasteiger partial charge < -0.3 is 30.3 Å². The second-order valence-corrected chi connectivity index (χ2v) is 14.5. The summed E-state index contributed by atoms with van der Waals surface area (Å²) in [6.45, 7) is 8.80. The van der Waals surface area contributed by atoms with Gasteiger partial charge in [0.25, 0.3) is 5.56 Å². The van der Waals surface area contributed by atoms with E-state index in [2.05, 4.69) is 20.9 Å². The average Bonchev–Trinajstić information content (AvgIpc) is 3.74. The molecule has 1 aliphatic carbocycles. The summed E-state index contributed by atoms with van der Waals surface area (Å²) in [5.41, 5.74) is 3.20. The fraction of sp³-hybridized carbons (Fsp3) is 0.432. The van der Waals surface area contributed by atoms with Gasteiger partial charge in [0.1, 0.15) is 16.9 Å². The Hall–Kier alpha value is -5.45. The maximum Gasteiger partial charge on any atom is 0.433 e. The monoisotopic (exact) mass is 868 g/mol. The first-order valence-corrected chi connectivity index (χ1v) is 20.5. The summed E-state index contributed by atoms with van der Waals surface area (Å²) in [4.78, 5) is 47.4. The number of methoxy groups -OCH3 is 2. The minimum atomic E-state index is -4.82. The molecule has 0 saturated carbocycles. The molecule has 0 unspecified atom stereocenters. The molecule has 0 bridgehead atoms. The van der Waals surface area contributed by atoms with E-state index in [1.807, 2.05) is 51.2 Å². The number of urea groups is 1. The number of rotatable bonds is 13. The largest absolute Gasteiger partial charge is 0.481 e. The third kappa shape index (κ3) is 11.1. The number of unbranched alkanes of at least 4 members (excludes halogenated alkanes) is 1. The second-order valence-electron chi connectivity index (χ2n) is 14.1. The number of benzene rings is 2. The molecule has 330 valence electrons. The van der Waals surface area contributed by atoms with Crippen LogP contribution in [0.1, 0.15) is 55.5 Å². The van der Waals surface area contributed by atoms with Gasteiger partial charge in [-0.1, -0.05) is 55.8 Å². The number of ether oxygens (including phenoxy) is 2. The van der Waals surface area contributed by atoms with Gasteiger partial charge in [-0.05, 0) is 87.5 Å². The number of carbonyl (C=O) groups is 1. The average molecular weight is 869 g/mol. The first-order valence-electron chi connectivity index (χ1n) is 20.2. The zero-order valence-electron chi connectivity index (χ0n) is 36.3. The standard InChI is InChI=1S/C32H27ClF3N5O3.C10H23N3O2.C2H6/c1-16-18(20-11-6-12-21(27(20)33)23-14-17-8-5-10-19(17)29(38-23)44-4)9-7-13-22(16)37-28-26-24(15-25(39-28)32(34,35)36)40(2)31(43)41(3)30(26)42;1-11-6-4-5-7-13(8-9-15-3)10(14)12-2;1-2/h6-7,9,11-15H,5,8,10H2,1-4H3,(H,37,39);11H,4-9H2,1-3H3,(H,12,14);1-2H3. The molecule has 0 fully saturated rings. The van der Waals surface area contributed by atoms with Crippen LogP contribution in [-0.4, -0.2) is 84.6 Å². The Morgan fingerprint density at radius 2 is 1.62 bits per heavy atom. The van der Waals surface area contributed by atoms with E-state index in [0.29, 0.717) is 63.8 Å². The summed E-state index contributed by atoms with van der Waals surface area (Å²) in [6, 6.07) is 13.6. The minimum Gasteiger partial charge on any atom is -0.481 e. The van der Waals surface area contributed by atoms with E-state index in [9.17, 15) is 27.6 Å². The summed E-state index contributed by atoms with van der Waals surface area (Å²) in [5.74, 6) is 0.267. The number of amides is 2. The molecule has 0 spiro atoms. The van der Waals surface area contributed by atoms with E-state index in [4.69, 9.17) is 26.1 Å². The Morgan fingerprint density at radius 1 is 0.934 bits per heavy atom. The highest BCUT2D eigenvalue weighted by molar-refractivity contribution is 6.36. The molecule has 0 atom stereocenters. The van der Waals surface area contributed by atoms with Gasteiger partial charge in [0, 0.05) is 63.7 Å². The van der Waals surface area contributed by atoms with E-state index >= 15 is 0 Å². The number of hydrogen-bond acceptors (Lipinski definition) is 9. The van der Waals surface area contributed by atoms with Gasteiger partial charge in [0.2, 0.25) is 5.88 Å². The van der Waals surface area contributed by atoms with Crippen molar-refractivity contribution in [1.29, 1.82) is 0 Å². The Bertz CT molecular complexity index is 2440. The molecule has 3 heterocycles. The minimum absolute atomic E-state index is 0.0310. The maximum absolute atomic E-state index is 13.9. The number of aromatic nitrogens is 4. The van der Waals surface area contributed by atoms with Crippen LogP contribution >= 0.6 is 11.6 Å². The van der Waals surface area contributed by atoms with E-state index in [1.165, 1.54) is 19.7 Å². The molecule has 17 heteroatoms. The molecule has 0 saturated heterocycles. The van der Waals surface area contributed by atoms with Crippen molar-refractivity contribution in [3.05, 3.63) is 96.8 Å². The topological polar surface area (TPSA) is 145 Å². The molecule has 0 aliphatic heterocycles. The SMILES string of the molecule is CC.CNCCCCN(CCOC)C(=O)NC.COc1nc(-c2cccc(-c3cccc(Nc4nc(C(F)(F)F)cc5c4c(=O)n(C)c(=O)n5C)c3C)c2Cl)cc2c1CCC2. The van der Waals surface area contributed by atoms with Crippen LogP contribution in [0.3, 0.4) is 0 Å². The molecule has 13 nitrogen and oxygen atoms in total. The molecule has 2 aromatic carbocycles. The Balaban J connectivity index is 0.000000410. The lowest BCUT2D eigenvalue weighted by Crippen LogP contribution is -2.40. The molecular formula is C44H56ClF3N8O5. The third-order valence-corrected chi connectivity index (χ3v) is 10.7. The van der Waals surface area contributed by atoms with Crippen LogP contribution in [0.25, 0.3) is 33.3 Å². The third-order valence-electron chi connectivity index (χ3n) is 10.3. The lowest BCUT2D eigenvalue weighted by molar-refractivity contribution is -0.141. The van der Waals surface area contributed by atoms with Crippen LogP contribution in [-0.2, 0) is 37.9 Å². The number of fused-ring (bicyclic) bond motifs is 2. The number of hydrogen-bond donors (Lipinski definition) is 3. The molecule has 3 N–H and O–H groups in total. The second kappa shape index (κ2) is 21.9. The Labute approximate surface area is 359 Å². The molecule has 1 aliphatic rings. The van der Waals surface area contributed by atoms with Crippen LogP contribution in [0, 0.1) is 6.92 Å². The zero-order valence-corrected chi connectivity index (χ0v) is 37.0. The highest BCUT2D eigenvalue weighted by Gasteiger charge is 2.34. The van der Waals surface area contributed by atoms with Gasteiger partial charge >= 0.3 is 17.9 Å². The quantitative estimate of drug-likeness (QED) is 0.101. The normalized spacial score (nSPS) is 11.9. The molecule has 61 heavy (non-hydrogen) atoms. The lowest BCUT2D eigenvalue weighted by atomic mass is 9.96. The molecule has 6 rings (SSSR count). The maximum atomic E-state index is 13.9. The summed E-state index contributed by atoms with van der Waals surface area (Å²) >= 11 is 7.01. The number of nitrogens with zero attached hydrogens (tertiary/aromatic N) is 5. The van der Waals surface area contributed by atoms with Crippen LogP contribution in [0.4, 0.5) is 29.5 Å². The summed E-state index contributed by atoms with van der Waals surface area (Å²) in [7, 11) is 9.39.